The van der Waals surface area contributed by atoms with Crippen molar-refractivity contribution in [1.29, 1.82) is 0 Å². The van der Waals surface area contributed by atoms with Gasteiger partial charge in [0.1, 0.15) is 11.4 Å². The average Bonchev–Trinajstić information content (AvgIpc) is 3.17. The SMILES string of the molecule is CCc1ccc(OCn2cc(NC(=O)c3c(Cl)c(C)nn3C)cn2)cc1. The molecule has 0 saturated carbocycles. The number of carbonyl (C=O) groups is 1. The molecular weight excluding hydrogens is 354 g/mol. The van der Waals surface area contributed by atoms with E-state index in [0.29, 0.717) is 22.1 Å². The Morgan fingerprint density at radius 1 is 1.31 bits per heavy atom. The van der Waals surface area contributed by atoms with Gasteiger partial charge >= 0.3 is 0 Å². The van der Waals surface area contributed by atoms with E-state index in [1.807, 2.05) is 24.3 Å². The number of anilines is 1. The van der Waals surface area contributed by atoms with Crippen molar-refractivity contribution in [3.05, 3.63) is 58.6 Å². The molecule has 0 fully saturated rings. The Morgan fingerprint density at radius 2 is 2.04 bits per heavy atom. The number of rotatable bonds is 6. The van der Waals surface area contributed by atoms with Crippen LogP contribution in [0, 0.1) is 6.92 Å². The summed E-state index contributed by atoms with van der Waals surface area (Å²) in [5.74, 6) is 0.425. The Morgan fingerprint density at radius 3 is 2.65 bits per heavy atom. The summed E-state index contributed by atoms with van der Waals surface area (Å²) in [7, 11) is 1.68. The van der Waals surface area contributed by atoms with Crippen molar-refractivity contribution in [2.75, 3.05) is 5.32 Å². The van der Waals surface area contributed by atoms with Crippen LogP contribution in [-0.4, -0.2) is 25.5 Å². The largest absolute Gasteiger partial charge is 0.471 e. The zero-order valence-corrected chi connectivity index (χ0v) is 15.6. The monoisotopic (exact) mass is 373 g/mol. The molecule has 2 heterocycles. The number of nitrogens with one attached hydrogen (secondary N) is 1. The van der Waals surface area contributed by atoms with E-state index < -0.39 is 0 Å². The molecule has 8 heteroatoms. The number of benzene rings is 1. The molecule has 136 valence electrons. The molecule has 0 bridgehead atoms. The van der Waals surface area contributed by atoms with Gasteiger partial charge in [0.15, 0.2) is 6.73 Å². The highest BCUT2D eigenvalue weighted by Crippen LogP contribution is 2.20. The van der Waals surface area contributed by atoms with Crippen molar-refractivity contribution >= 4 is 23.2 Å². The van der Waals surface area contributed by atoms with Crippen molar-refractivity contribution in [2.24, 2.45) is 7.05 Å². The van der Waals surface area contributed by atoms with E-state index in [2.05, 4.69) is 22.4 Å². The van der Waals surface area contributed by atoms with Gasteiger partial charge in [-0.15, -0.1) is 0 Å². The lowest BCUT2D eigenvalue weighted by atomic mass is 10.2. The standard InChI is InChI=1S/C18H20ClN5O2/c1-4-13-5-7-15(8-6-13)26-11-24-10-14(9-20-24)21-18(25)17-16(19)12(2)22-23(17)3/h5-10H,4,11H2,1-3H3,(H,21,25). The number of aromatic nitrogens is 4. The van der Waals surface area contributed by atoms with Crippen molar-refractivity contribution < 1.29 is 9.53 Å². The van der Waals surface area contributed by atoms with Crippen LogP contribution in [0.1, 0.15) is 28.7 Å². The first-order valence-corrected chi connectivity index (χ1v) is 8.60. The molecule has 2 aromatic heterocycles. The summed E-state index contributed by atoms with van der Waals surface area (Å²) in [6.45, 7) is 4.10. The van der Waals surface area contributed by atoms with Crippen LogP contribution in [0.15, 0.2) is 36.7 Å². The number of amides is 1. The third-order valence-electron chi connectivity index (χ3n) is 3.95. The van der Waals surface area contributed by atoms with Crippen molar-refractivity contribution in [3.8, 4) is 5.75 Å². The second-order valence-electron chi connectivity index (χ2n) is 5.87. The van der Waals surface area contributed by atoms with Gasteiger partial charge in [0.05, 0.1) is 28.8 Å². The number of nitrogens with zero attached hydrogens (tertiary/aromatic N) is 4. The van der Waals surface area contributed by atoms with Crippen LogP contribution in [-0.2, 0) is 20.2 Å². The first kappa shape index (κ1) is 18.0. The summed E-state index contributed by atoms with van der Waals surface area (Å²) in [5, 5.41) is 11.4. The first-order valence-electron chi connectivity index (χ1n) is 8.22. The van der Waals surface area contributed by atoms with Crippen LogP contribution >= 0.6 is 11.6 Å². The Bertz CT molecular complexity index is 914. The Balaban J connectivity index is 1.61. The summed E-state index contributed by atoms with van der Waals surface area (Å²) < 4.78 is 8.74. The number of hydrogen-bond acceptors (Lipinski definition) is 4. The molecule has 26 heavy (non-hydrogen) atoms. The quantitative estimate of drug-likeness (QED) is 0.718. The molecule has 1 N–H and O–H groups in total. The minimum absolute atomic E-state index is 0.243. The Kier molecular flexibility index (Phi) is 5.27. The lowest BCUT2D eigenvalue weighted by molar-refractivity contribution is 0.101. The smallest absolute Gasteiger partial charge is 0.275 e. The van der Waals surface area contributed by atoms with Gasteiger partial charge in [0, 0.05) is 7.05 Å². The van der Waals surface area contributed by atoms with Crippen LogP contribution in [0.2, 0.25) is 5.02 Å². The van der Waals surface area contributed by atoms with E-state index in [1.165, 1.54) is 10.2 Å². The van der Waals surface area contributed by atoms with E-state index in [-0.39, 0.29) is 12.6 Å². The number of hydrogen-bond donors (Lipinski definition) is 1. The lowest BCUT2D eigenvalue weighted by Crippen LogP contribution is -2.16. The summed E-state index contributed by atoms with van der Waals surface area (Å²) in [6.07, 6.45) is 4.23. The molecule has 0 unspecified atom stereocenters. The summed E-state index contributed by atoms with van der Waals surface area (Å²) >= 11 is 6.13. The van der Waals surface area contributed by atoms with E-state index in [0.717, 1.165) is 12.2 Å². The van der Waals surface area contributed by atoms with Crippen LogP contribution in [0.4, 0.5) is 5.69 Å². The fraction of sp³-hybridized carbons (Fsp3) is 0.278. The molecule has 0 aliphatic carbocycles. The van der Waals surface area contributed by atoms with Crippen LogP contribution < -0.4 is 10.1 Å². The van der Waals surface area contributed by atoms with Gasteiger partial charge in [-0.1, -0.05) is 30.7 Å². The number of ether oxygens (including phenoxy) is 1. The zero-order chi connectivity index (χ0) is 18.7. The van der Waals surface area contributed by atoms with Crippen LogP contribution in [0.5, 0.6) is 5.75 Å². The molecule has 7 nitrogen and oxygen atoms in total. The maximum atomic E-state index is 12.4. The van der Waals surface area contributed by atoms with Gasteiger partial charge in [-0.25, -0.2) is 4.68 Å². The summed E-state index contributed by atoms with van der Waals surface area (Å²) in [4.78, 5) is 12.4. The fourth-order valence-corrected chi connectivity index (χ4v) is 2.78. The van der Waals surface area contributed by atoms with E-state index in [4.69, 9.17) is 16.3 Å². The maximum Gasteiger partial charge on any atom is 0.275 e. The minimum atomic E-state index is -0.339. The van der Waals surface area contributed by atoms with Crippen molar-refractivity contribution in [2.45, 2.75) is 27.0 Å². The highest BCUT2D eigenvalue weighted by molar-refractivity contribution is 6.34. The number of carbonyl (C=O) groups excluding carboxylic acids is 1. The minimum Gasteiger partial charge on any atom is -0.471 e. The number of aryl methyl sites for hydroxylation is 3. The van der Waals surface area contributed by atoms with Gasteiger partial charge in [-0.3, -0.25) is 9.48 Å². The van der Waals surface area contributed by atoms with Gasteiger partial charge in [0.25, 0.3) is 5.91 Å². The van der Waals surface area contributed by atoms with Gasteiger partial charge in [-0.2, -0.15) is 10.2 Å². The molecule has 0 radical (unpaired) electrons. The highest BCUT2D eigenvalue weighted by Gasteiger charge is 2.19. The second kappa shape index (κ2) is 7.61. The molecule has 3 aromatic rings. The molecule has 0 spiro atoms. The molecular formula is C18H20ClN5O2. The summed E-state index contributed by atoms with van der Waals surface area (Å²) in [5.41, 5.74) is 2.72. The molecule has 1 amide bonds. The Labute approximate surface area is 156 Å². The molecule has 0 atom stereocenters. The second-order valence-corrected chi connectivity index (χ2v) is 6.24. The summed E-state index contributed by atoms with van der Waals surface area (Å²) in [6, 6.07) is 7.92. The highest BCUT2D eigenvalue weighted by atomic mass is 35.5. The predicted octanol–water partition coefficient (Wildman–Crippen LogP) is 3.43. The molecule has 0 aliphatic rings. The van der Waals surface area contributed by atoms with Gasteiger partial charge in [0.2, 0.25) is 0 Å². The average molecular weight is 374 g/mol. The third-order valence-corrected chi connectivity index (χ3v) is 4.40. The Hall–Kier alpha value is -2.80. The molecule has 3 rings (SSSR count). The molecule has 0 saturated heterocycles. The maximum absolute atomic E-state index is 12.4. The molecule has 1 aromatic carbocycles. The van der Waals surface area contributed by atoms with Gasteiger partial charge < -0.3 is 10.1 Å². The van der Waals surface area contributed by atoms with Crippen molar-refractivity contribution in [1.82, 2.24) is 19.6 Å². The van der Waals surface area contributed by atoms with E-state index >= 15 is 0 Å². The van der Waals surface area contributed by atoms with E-state index in [1.54, 1.807) is 31.0 Å². The zero-order valence-electron chi connectivity index (χ0n) is 14.9. The van der Waals surface area contributed by atoms with Crippen molar-refractivity contribution in [3.63, 3.8) is 0 Å². The number of halogens is 1. The lowest BCUT2D eigenvalue weighted by Gasteiger charge is -2.07. The van der Waals surface area contributed by atoms with E-state index in [9.17, 15) is 4.79 Å². The van der Waals surface area contributed by atoms with Crippen LogP contribution in [0.3, 0.4) is 0 Å². The predicted molar refractivity (Wildman–Crippen MR) is 99.6 cm³/mol. The van der Waals surface area contributed by atoms with Crippen LogP contribution in [0.25, 0.3) is 0 Å². The third kappa shape index (κ3) is 3.88. The first-order chi connectivity index (χ1) is 12.5. The van der Waals surface area contributed by atoms with Gasteiger partial charge in [-0.05, 0) is 31.0 Å². The normalized spacial score (nSPS) is 10.8. The topological polar surface area (TPSA) is 74.0 Å². The molecule has 0 aliphatic heterocycles. The fourth-order valence-electron chi connectivity index (χ4n) is 2.53.